The number of hydrogen-bond donors (Lipinski definition) is 1. The molecule has 7 heteroatoms. The van der Waals surface area contributed by atoms with Crippen molar-refractivity contribution in [2.75, 3.05) is 31.1 Å². The number of piperazine rings is 1. The van der Waals surface area contributed by atoms with Crippen molar-refractivity contribution in [3.05, 3.63) is 65.5 Å². The van der Waals surface area contributed by atoms with Crippen molar-refractivity contribution in [3.63, 3.8) is 0 Å². The van der Waals surface area contributed by atoms with E-state index >= 15 is 0 Å². The first kappa shape index (κ1) is 21.0. The van der Waals surface area contributed by atoms with Gasteiger partial charge in [-0.1, -0.05) is 36.4 Å². The predicted octanol–water partition coefficient (Wildman–Crippen LogP) is 3.73. The number of amides is 1. The summed E-state index contributed by atoms with van der Waals surface area (Å²) in [5.41, 5.74) is 8.07. The third-order valence-electron chi connectivity index (χ3n) is 4.58. The minimum Gasteiger partial charge on any atom is -0.445 e. The highest BCUT2D eigenvalue weighted by atomic mass is 35.5. The van der Waals surface area contributed by atoms with Crippen molar-refractivity contribution in [2.45, 2.75) is 19.6 Å². The Morgan fingerprint density at radius 1 is 1.15 bits per heavy atom. The van der Waals surface area contributed by atoms with Crippen LogP contribution in [-0.2, 0) is 11.3 Å². The first-order valence-corrected chi connectivity index (χ1v) is 8.80. The molecule has 1 unspecified atom stereocenters. The van der Waals surface area contributed by atoms with E-state index in [1.165, 1.54) is 6.07 Å². The number of benzene rings is 2. The third-order valence-corrected chi connectivity index (χ3v) is 4.58. The van der Waals surface area contributed by atoms with E-state index in [-0.39, 0.29) is 37.0 Å². The lowest BCUT2D eigenvalue weighted by Gasteiger charge is -2.35. The maximum absolute atomic E-state index is 14.4. The van der Waals surface area contributed by atoms with Crippen molar-refractivity contribution in [1.29, 1.82) is 0 Å². The second-order valence-corrected chi connectivity index (χ2v) is 6.51. The van der Waals surface area contributed by atoms with Crippen LogP contribution in [0.1, 0.15) is 24.1 Å². The largest absolute Gasteiger partial charge is 0.445 e. The standard InChI is InChI=1S/C20H24FN3O2.ClH/c1-15(22)17-7-8-19(18(21)13-17)23-9-11-24(12-10-23)20(25)26-14-16-5-3-2-4-6-16;/h2-8,13,15H,9-12,14,22H2,1H3;1H. The second kappa shape index (κ2) is 9.58. The molecule has 0 radical (unpaired) electrons. The summed E-state index contributed by atoms with van der Waals surface area (Å²) in [5, 5.41) is 0. The molecule has 1 aliphatic rings. The third kappa shape index (κ3) is 5.34. The average molecular weight is 394 g/mol. The number of carbonyl (C=O) groups excluding carboxylic acids is 1. The SMILES string of the molecule is CC(N)c1ccc(N2CCN(C(=O)OCc3ccccc3)CC2)c(F)c1.Cl. The lowest BCUT2D eigenvalue weighted by atomic mass is 10.1. The number of nitrogens with zero attached hydrogens (tertiary/aromatic N) is 2. The Morgan fingerprint density at radius 3 is 2.41 bits per heavy atom. The highest BCUT2D eigenvalue weighted by molar-refractivity contribution is 5.85. The van der Waals surface area contributed by atoms with Gasteiger partial charge >= 0.3 is 6.09 Å². The maximum Gasteiger partial charge on any atom is 0.410 e. The summed E-state index contributed by atoms with van der Waals surface area (Å²) in [5.74, 6) is -0.278. The molecule has 0 bridgehead atoms. The number of nitrogens with two attached hydrogens (primary N) is 1. The molecule has 1 fully saturated rings. The summed E-state index contributed by atoms with van der Waals surface area (Å²) in [6, 6.07) is 14.5. The number of hydrogen-bond acceptors (Lipinski definition) is 4. The van der Waals surface area contributed by atoms with Gasteiger partial charge in [0.1, 0.15) is 12.4 Å². The smallest absolute Gasteiger partial charge is 0.410 e. The van der Waals surface area contributed by atoms with Crippen LogP contribution >= 0.6 is 12.4 Å². The summed E-state index contributed by atoms with van der Waals surface area (Å²) in [6.45, 7) is 4.22. The number of anilines is 1. The highest BCUT2D eigenvalue weighted by Gasteiger charge is 2.24. The zero-order valence-electron chi connectivity index (χ0n) is 15.3. The van der Waals surface area contributed by atoms with Gasteiger partial charge in [-0.05, 0) is 30.2 Å². The molecule has 1 amide bonds. The first-order valence-electron chi connectivity index (χ1n) is 8.80. The van der Waals surface area contributed by atoms with Gasteiger partial charge in [-0.3, -0.25) is 0 Å². The molecule has 1 heterocycles. The first-order chi connectivity index (χ1) is 12.5. The predicted molar refractivity (Wildman–Crippen MR) is 107 cm³/mol. The van der Waals surface area contributed by atoms with E-state index in [4.69, 9.17) is 10.5 Å². The Kier molecular flexibility index (Phi) is 7.45. The zero-order chi connectivity index (χ0) is 18.5. The average Bonchev–Trinajstić information content (AvgIpc) is 2.67. The van der Waals surface area contributed by atoms with Gasteiger partial charge in [-0.15, -0.1) is 12.4 Å². The van der Waals surface area contributed by atoms with Crippen molar-refractivity contribution in [2.24, 2.45) is 5.73 Å². The number of halogens is 2. The topological polar surface area (TPSA) is 58.8 Å². The van der Waals surface area contributed by atoms with Gasteiger partial charge in [-0.25, -0.2) is 9.18 Å². The molecule has 1 saturated heterocycles. The van der Waals surface area contributed by atoms with E-state index in [0.29, 0.717) is 31.9 Å². The van der Waals surface area contributed by atoms with Gasteiger partial charge in [0.25, 0.3) is 0 Å². The van der Waals surface area contributed by atoms with Crippen LogP contribution in [0.25, 0.3) is 0 Å². The summed E-state index contributed by atoms with van der Waals surface area (Å²) in [4.78, 5) is 15.8. The molecule has 27 heavy (non-hydrogen) atoms. The molecule has 146 valence electrons. The Balaban J connectivity index is 0.00000261. The number of rotatable bonds is 4. The molecule has 0 saturated carbocycles. The van der Waals surface area contributed by atoms with Gasteiger partial charge in [-0.2, -0.15) is 0 Å². The van der Waals surface area contributed by atoms with Crippen LogP contribution in [0.2, 0.25) is 0 Å². The molecule has 1 aliphatic heterocycles. The van der Waals surface area contributed by atoms with E-state index in [0.717, 1.165) is 11.1 Å². The van der Waals surface area contributed by atoms with Crippen LogP contribution in [0.4, 0.5) is 14.9 Å². The Bertz CT molecular complexity index is 750. The monoisotopic (exact) mass is 393 g/mol. The van der Waals surface area contributed by atoms with Gasteiger partial charge in [0.2, 0.25) is 0 Å². The van der Waals surface area contributed by atoms with Crippen LogP contribution < -0.4 is 10.6 Å². The molecule has 0 aromatic heterocycles. The van der Waals surface area contributed by atoms with Crippen molar-refractivity contribution in [3.8, 4) is 0 Å². The minimum absolute atomic E-state index is 0. The summed E-state index contributed by atoms with van der Waals surface area (Å²) in [7, 11) is 0. The molecule has 2 aromatic rings. The number of carbonyl (C=O) groups is 1. The van der Waals surface area contributed by atoms with Crippen molar-refractivity contribution >= 4 is 24.2 Å². The van der Waals surface area contributed by atoms with E-state index in [1.807, 2.05) is 48.2 Å². The van der Waals surface area contributed by atoms with Crippen molar-refractivity contribution < 1.29 is 13.9 Å². The van der Waals surface area contributed by atoms with Gasteiger partial charge in [0.15, 0.2) is 0 Å². The second-order valence-electron chi connectivity index (χ2n) is 6.51. The van der Waals surface area contributed by atoms with Gasteiger partial charge in [0, 0.05) is 32.2 Å². The van der Waals surface area contributed by atoms with E-state index in [9.17, 15) is 9.18 Å². The fourth-order valence-electron chi connectivity index (χ4n) is 3.00. The molecular formula is C20H25ClFN3O2. The molecule has 2 aromatic carbocycles. The van der Waals surface area contributed by atoms with Crippen LogP contribution in [0, 0.1) is 5.82 Å². The Hall–Kier alpha value is -2.31. The number of ether oxygens (including phenoxy) is 1. The fraction of sp³-hybridized carbons (Fsp3) is 0.350. The lowest BCUT2D eigenvalue weighted by Crippen LogP contribution is -2.49. The Labute approximate surface area is 165 Å². The van der Waals surface area contributed by atoms with Crippen molar-refractivity contribution in [1.82, 2.24) is 4.90 Å². The summed E-state index contributed by atoms with van der Waals surface area (Å²) < 4.78 is 19.7. The van der Waals surface area contributed by atoms with E-state index in [2.05, 4.69) is 0 Å². The summed E-state index contributed by atoms with van der Waals surface area (Å²) >= 11 is 0. The van der Waals surface area contributed by atoms with Gasteiger partial charge in [0.05, 0.1) is 5.69 Å². The normalized spacial score (nSPS) is 15.1. The summed E-state index contributed by atoms with van der Waals surface area (Å²) in [6.07, 6.45) is -0.332. The molecule has 1 atom stereocenters. The minimum atomic E-state index is -0.332. The molecular weight excluding hydrogens is 369 g/mol. The molecule has 3 rings (SSSR count). The maximum atomic E-state index is 14.4. The quantitative estimate of drug-likeness (QED) is 0.859. The lowest BCUT2D eigenvalue weighted by molar-refractivity contribution is 0.0941. The van der Waals surface area contributed by atoms with Crippen LogP contribution in [-0.4, -0.2) is 37.2 Å². The molecule has 2 N–H and O–H groups in total. The van der Waals surface area contributed by atoms with E-state index < -0.39 is 0 Å². The molecule has 0 spiro atoms. The zero-order valence-corrected chi connectivity index (χ0v) is 16.1. The van der Waals surface area contributed by atoms with Crippen LogP contribution in [0.5, 0.6) is 0 Å². The van der Waals surface area contributed by atoms with Crippen LogP contribution in [0.3, 0.4) is 0 Å². The molecule has 0 aliphatic carbocycles. The highest BCUT2D eigenvalue weighted by Crippen LogP contribution is 2.24. The fourth-order valence-corrected chi connectivity index (χ4v) is 3.00. The molecule has 5 nitrogen and oxygen atoms in total. The van der Waals surface area contributed by atoms with Gasteiger partial charge < -0.3 is 20.3 Å². The Morgan fingerprint density at radius 2 is 1.81 bits per heavy atom. The van der Waals surface area contributed by atoms with E-state index in [1.54, 1.807) is 11.0 Å². The van der Waals surface area contributed by atoms with Crippen LogP contribution in [0.15, 0.2) is 48.5 Å².